The predicted molar refractivity (Wildman–Crippen MR) is 112 cm³/mol. The number of benzene rings is 1. The number of nitrogens with zero attached hydrogens (tertiary/aromatic N) is 5. The molecule has 0 spiro atoms. The summed E-state index contributed by atoms with van der Waals surface area (Å²) in [5.41, 5.74) is 0.588. The van der Waals surface area contributed by atoms with Gasteiger partial charge in [0.2, 0.25) is 0 Å². The number of amides is 1. The van der Waals surface area contributed by atoms with Gasteiger partial charge in [-0.1, -0.05) is 11.6 Å². The number of aromatic nitrogens is 1. The van der Waals surface area contributed by atoms with Gasteiger partial charge in [-0.15, -0.1) is 0 Å². The van der Waals surface area contributed by atoms with Crippen LogP contribution in [0.25, 0.3) is 0 Å². The van der Waals surface area contributed by atoms with E-state index < -0.39 is 11.7 Å². The summed E-state index contributed by atoms with van der Waals surface area (Å²) < 4.78 is 38.4. The van der Waals surface area contributed by atoms with Crippen LogP contribution in [0.3, 0.4) is 0 Å². The minimum Gasteiger partial charge on any atom is -0.369 e. The highest BCUT2D eigenvalue weighted by Crippen LogP contribution is 2.34. The normalized spacial score (nSPS) is 15.0. The largest absolute Gasteiger partial charge is 0.417 e. The molecule has 2 heterocycles. The first kappa shape index (κ1) is 21.9. The molecule has 1 fully saturated rings. The van der Waals surface area contributed by atoms with Gasteiger partial charge < -0.3 is 14.7 Å². The van der Waals surface area contributed by atoms with E-state index in [4.69, 9.17) is 11.6 Å². The smallest absolute Gasteiger partial charge is 0.369 e. The van der Waals surface area contributed by atoms with Crippen molar-refractivity contribution >= 4 is 35.4 Å². The number of alkyl halides is 3. The summed E-state index contributed by atoms with van der Waals surface area (Å²) in [6, 6.07) is 8.08. The molecule has 1 amide bonds. The summed E-state index contributed by atoms with van der Waals surface area (Å²) in [5, 5.41) is -0.0144. The topological polar surface area (TPSA) is 52.0 Å². The van der Waals surface area contributed by atoms with Gasteiger partial charge in [-0.3, -0.25) is 4.79 Å². The number of piperazine rings is 1. The van der Waals surface area contributed by atoms with Crippen LogP contribution in [0.15, 0.2) is 41.5 Å². The number of pyridine rings is 1. The Morgan fingerprint density at radius 3 is 2.27 bits per heavy atom. The molecule has 160 valence electrons. The van der Waals surface area contributed by atoms with Crippen molar-refractivity contribution in [1.29, 1.82) is 0 Å². The summed E-state index contributed by atoms with van der Waals surface area (Å²) >= 11 is 6.05. The van der Waals surface area contributed by atoms with Crippen molar-refractivity contribution in [1.82, 2.24) is 9.88 Å². The van der Waals surface area contributed by atoms with Crippen LogP contribution in [0.4, 0.5) is 24.7 Å². The Morgan fingerprint density at radius 2 is 1.73 bits per heavy atom. The van der Waals surface area contributed by atoms with Crippen molar-refractivity contribution in [3.63, 3.8) is 0 Å². The summed E-state index contributed by atoms with van der Waals surface area (Å²) in [6.45, 7) is 2.41. The molecule has 1 aromatic heterocycles. The molecule has 0 radical (unpaired) electrons. The molecule has 1 saturated heterocycles. The molecule has 0 saturated carbocycles. The first-order chi connectivity index (χ1) is 14.1. The monoisotopic (exact) mass is 439 g/mol. The number of halogens is 4. The first-order valence-corrected chi connectivity index (χ1v) is 9.60. The highest BCUT2D eigenvalue weighted by Gasteiger charge is 2.32. The van der Waals surface area contributed by atoms with Crippen molar-refractivity contribution in [3.8, 4) is 0 Å². The van der Waals surface area contributed by atoms with Gasteiger partial charge in [-0.05, 0) is 30.3 Å². The number of aliphatic imine (C=N–C) groups is 1. The molecule has 2 aromatic rings. The predicted octanol–water partition coefficient (Wildman–Crippen LogP) is 3.81. The molecule has 30 heavy (non-hydrogen) atoms. The lowest BCUT2D eigenvalue weighted by atomic mass is 10.1. The zero-order valence-electron chi connectivity index (χ0n) is 16.5. The van der Waals surface area contributed by atoms with E-state index in [-0.39, 0.29) is 10.9 Å². The Balaban J connectivity index is 1.62. The van der Waals surface area contributed by atoms with Crippen molar-refractivity contribution in [2.75, 3.05) is 50.1 Å². The fourth-order valence-corrected chi connectivity index (χ4v) is 3.34. The lowest BCUT2D eigenvalue weighted by molar-refractivity contribution is -0.137. The molecular weight excluding hydrogens is 419 g/mol. The number of rotatable bonds is 4. The van der Waals surface area contributed by atoms with Gasteiger partial charge in [0.15, 0.2) is 0 Å². The third-order valence-corrected chi connectivity index (χ3v) is 4.89. The highest BCUT2D eigenvalue weighted by atomic mass is 35.5. The maximum Gasteiger partial charge on any atom is 0.417 e. The molecule has 1 aromatic carbocycles. The average Bonchev–Trinajstić information content (AvgIpc) is 2.71. The molecule has 0 atom stereocenters. The maximum atomic E-state index is 12.8. The van der Waals surface area contributed by atoms with E-state index in [0.717, 1.165) is 18.0 Å². The zero-order chi connectivity index (χ0) is 21.9. The second kappa shape index (κ2) is 8.91. The molecule has 0 N–H and O–H groups in total. The van der Waals surface area contributed by atoms with Gasteiger partial charge in [0.1, 0.15) is 5.82 Å². The van der Waals surface area contributed by atoms with Crippen molar-refractivity contribution < 1.29 is 18.0 Å². The quantitative estimate of drug-likeness (QED) is 0.535. The molecule has 1 aliphatic heterocycles. The standard InChI is InChI=1S/C20H21ClF3N5O/c1-27(2)13-26-19(30)14-3-5-16(6-4-14)28-7-9-29(10-8-28)18-17(21)11-15(12-25-18)20(22,23)24/h3-6,11-13H,7-10H2,1-2H3. The molecule has 10 heteroatoms. The van der Waals surface area contributed by atoms with E-state index in [2.05, 4.69) is 14.9 Å². The summed E-state index contributed by atoms with van der Waals surface area (Å²) in [4.78, 5) is 25.5. The zero-order valence-corrected chi connectivity index (χ0v) is 17.3. The Kier molecular flexibility index (Phi) is 6.50. The van der Waals surface area contributed by atoms with Gasteiger partial charge in [-0.2, -0.15) is 18.2 Å². The molecule has 0 aliphatic carbocycles. The Bertz CT molecular complexity index is 923. The van der Waals surface area contributed by atoms with E-state index >= 15 is 0 Å². The third kappa shape index (κ3) is 5.21. The molecule has 0 unspecified atom stereocenters. The second-order valence-corrected chi connectivity index (χ2v) is 7.47. The molecule has 1 aliphatic rings. The number of carbonyl (C=O) groups is 1. The van der Waals surface area contributed by atoms with Crippen LogP contribution in [0.2, 0.25) is 5.02 Å². The van der Waals surface area contributed by atoms with E-state index in [1.165, 1.54) is 6.34 Å². The number of carbonyl (C=O) groups excluding carboxylic acids is 1. The molecule has 0 bridgehead atoms. The Hall–Kier alpha value is -2.81. The lowest BCUT2D eigenvalue weighted by Crippen LogP contribution is -2.47. The van der Waals surface area contributed by atoms with Crippen LogP contribution in [0, 0.1) is 0 Å². The van der Waals surface area contributed by atoms with E-state index in [1.54, 1.807) is 31.1 Å². The van der Waals surface area contributed by atoms with E-state index in [0.29, 0.717) is 37.6 Å². The minimum atomic E-state index is -4.47. The minimum absolute atomic E-state index is 0.0144. The highest BCUT2D eigenvalue weighted by molar-refractivity contribution is 6.33. The maximum absolute atomic E-state index is 12.8. The fourth-order valence-electron chi connectivity index (χ4n) is 3.05. The Morgan fingerprint density at radius 1 is 1.13 bits per heavy atom. The number of hydrogen-bond acceptors (Lipinski definition) is 4. The molecule has 3 rings (SSSR count). The SMILES string of the molecule is CN(C)C=NC(=O)c1ccc(N2CCN(c3ncc(C(F)(F)F)cc3Cl)CC2)cc1. The van der Waals surface area contributed by atoms with Gasteiger partial charge in [0.25, 0.3) is 5.91 Å². The Labute approximate surface area is 177 Å². The average molecular weight is 440 g/mol. The summed E-state index contributed by atoms with van der Waals surface area (Å²) in [5.74, 6) is 0.0344. The number of anilines is 2. The summed E-state index contributed by atoms with van der Waals surface area (Å²) in [7, 11) is 3.57. The van der Waals surface area contributed by atoms with Crippen LogP contribution in [-0.2, 0) is 6.18 Å². The van der Waals surface area contributed by atoms with Gasteiger partial charge in [-0.25, -0.2) is 4.98 Å². The fraction of sp³-hybridized carbons (Fsp3) is 0.350. The van der Waals surface area contributed by atoms with E-state index in [9.17, 15) is 18.0 Å². The lowest BCUT2D eigenvalue weighted by Gasteiger charge is -2.37. The van der Waals surface area contributed by atoms with Crippen LogP contribution in [0.1, 0.15) is 15.9 Å². The van der Waals surface area contributed by atoms with Gasteiger partial charge in [0.05, 0.1) is 16.9 Å². The molecular formula is C20H21ClF3N5O. The third-order valence-electron chi connectivity index (χ3n) is 4.61. The summed E-state index contributed by atoms with van der Waals surface area (Å²) in [6.07, 6.45) is -2.21. The van der Waals surface area contributed by atoms with Crippen LogP contribution >= 0.6 is 11.6 Å². The van der Waals surface area contributed by atoms with Crippen molar-refractivity contribution in [2.24, 2.45) is 4.99 Å². The number of hydrogen-bond donors (Lipinski definition) is 0. The van der Waals surface area contributed by atoms with Crippen LogP contribution in [-0.4, -0.2) is 62.4 Å². The van der Waals surface area contributed by atoms with Gasteiger partial charge in [0, 0.05) is 57.7 Å². The van der Waals surface area contributed by atoms with Crippen LogP contribution < -0.4 is 9.80 Å². The van der Waals surface area contributed by atoms with Crippen molar-refractivity contribution in [2.45, 2.75) is 6.18 Å². The van der Waals surface area contributed by atoms with Gasteiger partial charge >= 0.3 is 6.18 Å². The van der Waals surface area contributed by atoms with Crippen molar-refractivity contribution in [3.05, 3.63) is 52.7 Å². The van der Waals surface area contributed by atoms with Crippen LogP contribution in [0.5, 0.6) is 0 Å². The molecule has 6 nitrogen and oxygen atoms in total. The van der Waals surface area contributed by atoms with E-state index in [1.807, 2.05) is 17.0 Å². The first-order valence-electron chi connectivity index (χ1n) is 9.23. The second-order valence-electron chi connectivity index (χ2n) is 7.06.